The molecule has 1 aliphatic rings. The maximum absolute atomic E-state index is 12.3. The molecule has 5 nitrogen and oxygen atoms in total. The number of carbonyl (C=O) groups excluding carboxylic acids is 2. The van der Waals surface area contributed by atoms with E-state index in [1.807, 2.05) is 36.9 Å². The second-order valence-electron chi connectivity index (χ2n) is 6.29. The topological polar surface area (TPSA) is 52.7 Å². The van der Waals surface area contributed by atoms with Crippen LogP contribution in [0.1, 0.15) is 24.5 Å². The highest BCUT2D eigenvalue weighted by molar-refractivity contribution is 6.31. The van der Waals surface area contributed by atoms with Gasteiger partial charge in [0.05, 0.1) is 6.54 Å². The van der Waals surface area contributed by atoms with Crippen molar-refractivity contribution in [1.29, 1.82) is 0 Å². The molecular weight excluding hydrogens is 338 g/mol. The zero-order valence-electron chi connectivity index (χ0n) is 14.9. The molecule has 136 valence electrons. The Labute approximate surface area is 154 Å². The molecule has 0 spiro atoms. The van der Waals surface area contributed by atoms with Crippen molar-refractivity contribution in [1.82, 2.24) is 15.1 Å². The quantitative estimate of drug-likeness (QED) is 0.789. The Balaban J connectivity index is 1.79. The largest absolute Gasteiger partial charge is 0.355 e. The number of benzene rings is 1. The number of amides is 2. The van der Waals surface area contributed by atoms with Gasteiger partial charge in [0, 0.05) is 43.8 Å². The summed E-state index contributed by atoms with van der Waals surface area (Å²) in [4.78, 5) is 27.9. The van der Waals surface area contributed by atoms with E-state index in [1.165, 1.54) is 0 Å². The minimum atomic E-state index is -0.00761. The fourth-order valence-electron chi connectivity index (χ4n) is 2.64. The molecule has 0 atom stereocenters. The molecule has 1 fully saturated rings. The molecule has 1 saturated heterocycles. The molecule has 1 aromatic carbocycles. The standard InChI is InChI=1S/C19H26ClN3O2/c1-3-8-21-18(24)14-22-9-11-23(12-10-22)19(25)7-6-16-5-4-15(2)17(20)13-16/h4-7,13H,3,8-12,14H2,1-2H3,(H,21,24)/b7-6+. The summed E-state index contributed by atoms with van der Waals surface area (Å²) in [6.07, 6.45) is 4.31. The number of aryl methyl sites for hydroxylation is 1. The fraction of sp³-hybridized carbons (Fsp3) is 0.474. The first-order chi connectivity index (χ1) is 12.0. The molecule has 1 aliphatic heterocycles. The van der Waals surface area contributed by atoms with Crippen LogP contribution in [0.2, 0.25) is 5.02 Å². The van der Waals surface area contributed by atoms with Gasteiger partial charge in [0.15, 0.2) is 0 Å². The van der Waals surface area contributed by atoms with Crippen molar-refractivity contribution in [3.8, 4) is 0 Å². The molecule has 0 aromatic heterocycles. The molecule has 0 radical (unpaired) electrons. The van der Waals surface area contributed by atoms with Gasteiger partial charge in [0.25, 0.3) is 0 Å². The maximum Gasteiger partial charge on any atom is 0.246 e. The lowest BCUT2D eigenvalue weighted by Crippen LogP contribution is -2.50. The summed E-state index contributed by atoms with van der Waals surface area (Å²) < 4.78 is 0. The van der Waals surface area contributed by atoms with E-state index >= 15 is 0 Å². The van der Waals surface area contributed by atoms with E-state index in [2.05, 4.69) is 10.2 Å². The molecule has 2 rings (SSSR count). The number of carbonyl (C=O) groups is 2. The first-order valence-electron chi connectivity index (χ1n) is 8.71. The Morgan fingerprint density at radius 2 is 1.96 bits per heavy atom. The number of piperazine rings is 1. The van der Waals surface area contributed by atoms with Gasteiger partial charge in [-0.2, -0.15) is 0 Å². The fourth-order valence-corrected chi connectivity index (χ4v) is 2.82. The van der Waals surface area contributed by atoms with Gasteiger partial charge in [-0.1, -0.05) is 30.7 Å². The SMILES string of the molecule is CCCNC(=O)CN1CCN(C(=O)/C=C/c2ccc(C)c(Cl)c2)CC1. The summed E-state index contributed by atoms with van der Waals surface area (Å²) in [5.74, 6) is 0.0459. The average molecular weight is 364 g/mol. The van der Waals surface area contributed by atoms with Crippen LogP contribution in [-0.4, -0.2) is 60.9 Å². The number of hydrogen-bond acceptors (Lipinski definition) is 3. The van der Waals surface area contributed by atoms with Crippen molar-refractivity contribution in [2.45, 2.75) is 20.3 Å². The Morgan fingerprint density at radius 1 is 1.24 bits per heavy atom. The average Bonchev–Trinajstić information content (AvgIpc) is 2.61. The first-order valence-corrected chi connectivity index (χ1v) is 9.09. The van der Waals surface area contributed by atoms with E-state index in [-0.39, 0.29) is 11.8 Å². The van der Waals surface area contributed by atoms with E-state index in [0.717, 1.165) is 30.6 Å². The molecule has 2 amide bonds. The Hall–Kier alpha value is -1.85. The van der Waals surface area contributed by atoms with Gasteiger partial charge >= 0.3 is 0 Å². The van der Waals surface area contributed by atoms with E-state index in [4.69, 9.17) is 11.6 Å². The van der Waals surface area contributed by atoms with Crippen LogP contribution in [0.15, 0.2) is 24.3 Å². The van der Waals surface area contributed by atoms with Crippen LogP contribution in [0.25, 0.3) is 6.08 Å². The van der Waals surface area contributed by atoms with Gasteiger partial charge in [-0.3, -0.25) is 14.5 Å². The van der Waals surface area contributed by atoms with Crippen LogP contribution in [0.4, 0.5) is 0 Å². The second-order valence-corrected chi connectivity index (χ2v) is 6.70. The van der Waals surface area contributed by atoms with E-state index in [1.54, 1.807) is 12.2 Å². The molecule has 1 heterocycles. The van der Waals surface area contributed by atoms with Crippen molar-refractivity contribution in [2.75, 3.05) is 39.3 Å². The number of halogens is 1. The zero-order valence-corrected chi connectivity index (χ0v) is 15.7. The van der Waals surface area contributed by atoms with Crippen molar-refractivity contribution in [3.05, 3.63) is 40.4 Å². The van der Waals surface area contributed by atoms with Crippen LogP contribution in [0.3, 0.4) is 0 Å². The van der Waals surface area contributed by atoms with Crippen molar-refractivity contribution < 1.29 is 9.59 Å². The predicted octanol–water partition coefficient (Wildman–Crippen LogP) is 2.33. The zero-order chi connectivity index (χ0) is 18.2. The maximum atomic E-state index is 12.3. The normalized spacial score (nSPS) is 15.6. The van der Waals surface area contributed by atoms with Crippen LogP contribution >= 0.6 is 11.6 Å². The van der Waals surface area contributed by atoms with Crippen molar-refractivity contribution >= 4 is 29.5 Å². The van der Waals surface area contributed by atoms with Gasteiger partial charge < -0.3 is 10.2 Å². The molecule has 25 heavy (non-hydrogen) atoms. The minimum absolute atomic E-state index is 0.00761. The Kier molecular flexibility index (Phi) is 7.47. The van der Waals surface area contributed by atoms with Crippen LogP contribution in [-0.2, 0) is 9.59 Å². The third-order valence-electron chi connectivity index (χ3n) is 4.24. The van der Waals surface area contributed by atoms with E-state index in [9.17, 15) is 9.59 Å². The first kappa shape index (κ1) is 19.5. The van der Waals surface area contributed by atoms with Crippen LogP contribution in [0.5, 0.6) is 0 Å². The van der Waals surface area contributed by atoms with Crippen molar-refractivity contribution in [3.63, 3.8) is 0 Å². The summed E-state index contributed by atoms with van der Waals surface area (Å²) in [5.41, 5.74) is 1.93. The number of rotatable bonds is 6. The smallest absolute Gasteiger partial charge is 0.246 e. The van der Waals surface area contributed by atoms with Crippen LogP contribution < -0.4 is 5.32 Å². The van der Waals surface area contributed by atoms with Gasteiger partial charge in [-0.05, 0) is 36.6 Å². The highest BCUT2D eigenvalue weighted by atomic mass is 35.5. The monoisotopic (exact) mass is 363 g/mol. The second kappa shape index (κ2) is 9.59. The van der Waals surface area contributed by atoms with Crippen LogP contribution in [0, 0.1) is 6.92 Å². The van der Waals surface area contributed by atoms with Gasteiger partial charge in [0.1, 0.15) is 0 Å². The van der Waals surface area contributed by atoms with Gasteiger partial charge in [0.2, 0.25) is 11.8 Å². The number of nitrogens with zero attached hydrogens (tertiary/aromatic N) is 2. The van der Waals surface area contributed by atoms with Gasteiger partial charge in [-0.15, -0.1) is 0 Å². The third kappa shape index (κ3) is 6.18. The summed E-state index contributed by atoms with van der Waals surface area (Å²) in [6.45, 7) is 7.80. The highest BCUT2D eigenvalue weighted by Gasteiger charge is 2.20. The summed E-state index contributed by atoms with van der Waals surface area (Å²) >= 11 is 6.10. The molecule has 6 heteroatoms. The molecule has 0 unspecified atom stereocenters. The summed E-state index contributed by atoms with van der Waals surface area (Å²) in [6, 6.07) is 5.74. The highest BCUT2D eigenvalue weighted by Crippen LogP contribution is 2.17. The molecule has 1 N–H and O–H groups in total. The third-order valence-corrected chi connectivity index (χ3v) is 4.64. The summed E-state index contributed by atoms with van der Waals surface area (Å²) in [5, 5.41) is 3.58. The van der Waals surface area contributed by atoms with Gasteiger partial charge in [-0.25, -0.2) is 0 Å². The van der Waals surface area contributed by atoms with E-state index < -0.39 is 0 Å². The molecule has 1 aromatic rings. The summed E-state index contributed by atoms with van der Waals surface area (Å²) in [7, 11) is 0. The lowest BCUT2D eigenvalue weighted by molar-refractivity contribution is -0.128. The number of nitrogens with one attached hydrogen (secondary N) is 1. The minimum Gasteiger partial charge on any atom is -0.355 e. The Bertz CT molecular complexity index is 638. The Morgan fingerprint density at radius 3 is 2.60 bits per heavy atom. The van der Waals surface area contributed by atoms with Crippen molar-refractivity contribution in [2.24, 2.45) is 0 Å². The molecule has 0 aliphatic carbocycles. The molecular formula is C19H26ClN3O2. The van der Waals surface area contributed by atoms with E-state index in [0.29, 0.717) is 31.2 Å². The lowest BCUT2D eigenvalue weighted by Gasteiger charge is -2.33. The molecule has 0 bridgehead atoms. The molecule has 0 saturated carbocycles. The predicted molar refractivity (Wildman–Crippen MR) is 102 cm³/mol. The number of hydrogen-bond donors (Lipinski definition) is 1. The lowest BCUT2D eigenvalue weighted by atomic mass is 10.1.